The Morgan fingerprint density at radius 2 is 1.92 bits per heavy atom. The second-order valence-corrected chi connectivity index (χ2v) is 10.3. The van der Waals surface area contributed by atoms with Gasteiger partial charge in [0.25, 0.3) is 5.91 Å². The molecule has 0 aromatic heterocycles. The highest BCUT2D eigenvalue weighted by molar-refractivity contribution is 6.34. The monoisotopic (exact) mass is 513 g/mol. The summed E-state index contributed by atoms with van der Waals surface area (Å²) in [6.07, 6.45) is 7.98. The molecule has 0 aliphatic carbocycles. The number of aliphatic hydroxyl groups excluding tert-OH is 1. The van der Waals surface area contributed by atoms with Crippen molar-refractivity contribution in [1.29, 1.82) is 0 Å². The average Bonchev–Trinajstić information content (AvgIpc) is 3.16. The lowest BCUT2D eigenvalue weighted by molar-refractivity contribution is -0.144. The second-order valence-electron chi connectivity index (χ2n) is 9.92. The summed E-state index contributed by atoms with van der Waals surface area (Å²) in [7, 11) is 0. The molecule has 0 saturated carbocycles. The van der Waals surface area contributed by atoms with Crippen LogP contribution in [0.2, 0.25) is 5.02 Å². The number of anilines is 1. The molecule has 4 aliphatic rings. The normalized spacial score (nSPS) is 31.4. The molecule has 36 heavy (non-hydrogen) atoms. The van der Waals surface area contributed by atoms with E-state index in [4.69, 9.17) is 16.3 Å². The number of benzene rings is 1. The third kappa shape index (κ3) is 3.69. The average molecular weight is 514 g/mol. The molecule has 4 aliphatic heterocycles. The molecule has 1 aromatic carbocycles. The van der Waals surface area contributed by atoms with Crippen molar-refractivity contribution < 1.29 is 24.2 Å². The van der Waals surface area contributed by atoms with Crippen LogP contribution in [0.25, 0.3) is 0 Å². The fraction of sp³-hybridized carbons (Fsp3) is 0.519. The Bertz CT molecular complexity index is 1120. The highest BCUT2D eigenvalue weighted by atomic mass is 35.5. The molecule has 5 atom stereocenters. The summed E-state index contributed by atoms with van der Waals surface area (Å²) in [4.78, 5) is 46.9. The Balaban J connectivity index is 1.62. The van der Waals surface area contributed by atoms with Crippen LogP contribution in [0.5, 0.6) is 0 Å². The fourth-order valence-electron chi connectivity index (χ4n) is 6.31. The molecular weight excluding hydrogens is 482 g/mol. The third-order valence-electron chi connectivity index (χ3n) is 7.75. The number of para-hydroxylation sites is 1. The molecule has 1 unspecified atom stereocenters. The van der Waals surface area contributed by atoms with Crippen LogP contribution in [0, 0.1) is 18.8 Å². The number of likely N-dealkylation sites (tertiary alicyclic amines) is 1. The molecule has 3 amide bonds. The smallest absolute Gasteiger partial charge is 0.253 e. The van der Waals surface area contributed by atoms with E-state index >= 15 is 0 Å². The van der Waals surface area contributed by atoms with E-state index in [2.05, 4.69) is 0 Å². The second kappa shape index (κ2) is 9.65. The Labute approximate surface area is 216 Å². The maximum absolute atomic E-state index is 14.3. The van der Waals surface area contributed by atoms with Crippen molar-refractivity contribution >= 4 is 35.0 Å². The first-order valence-corrected chi connectivity index (χ1v) is 13.0. The van der Waals surface area contributed by atoms with Crippen molar-refractivity contribution in [3.63, 3.8) is 0 Å². The number of aryl methyl sites for hydroxylation is 1. The lowest BCUT2D eigenvalue weighted by Crippen LogP contribution is -2.55. The van der Waals surface area contributed by atoms with Crippen LogP contribution in [0.3, 0.4) is 0 Å². The zero-order chi connectivity index (χ0) is 25.6. The number of carbonyl (C=O) groups excluding carboxylic acids is 3. The number of hydrogen-bond acceptors (Lipinski definition) is 5. The molecule has 8 nitrogen and oxygen atoms in total. The summed E-state index contributed by atoms with van der Waals surface area (Å²) in [6, 6.07) is 4.49. The van der Waals surface area contributed by atoms with Crippen LogP contribution in [0.4, 0.5) is 5.69 Å². The number of aliphatic hydroxyl groups is 1. The van der Waals surface area contributed by atoms with Gasteiger partial charge in [0, 0.05) is 32.8 Å². The standard InChI is InChI=1S/C27H32ClN3O5/c1-3-12-29-13-5-10-19-20(24(29)33)21-25(34)31(15-7-16-32)23-26(35)30(14-6-11-27(21,23)36-19)22-17(2)8-4-9-18(22)28/h4-6,8-11,19-21,23,32H,3,7,12-16H2,1-2H3/t19-,20+,21+,23?,27+/m1/s1. The topological polar surface area (TPSA) is 90.4 Å². The van der Waals surface area contributed by atoms with E-state index in [0.29, 0.717) is 30.2 Å². The minimum atomic E-state index is -1.28. The van der Waals surface area contributed by atoms with Crippen LogP contribution < -0.4 is 4.90 Å². The number of carbonyl (C=O) groups is 3. The third-order valence-corrected chi connectivity index (χ3v) is 8.06. The van der Waals surface area contributed by atoms with Crippen molar-refractivity contribution in [2.75, 3.05) is 37.7 Å². The van der Waals surface area contributed by atoms with Gasteiger partial charge in [0.05, 0.1) is 28.6 Å². The highest BCUT2D eigenvalue weighted by Crippen LogP contribution is 2.53. The summed E-state index contributed by atoms with van der Waals surface area (Å²) in [5.74, 6) is -2.24. The SMILES string of the molecule is CCCN1CC=C[C@H]2O[C@]34C=CCN(c5c(C)cccc5Cl)C(=O)C3N(CCCO)C(=O)[C@@H]4[C@H]2C1=O. The minimum absolute atomic E-state index is 0.117. The first kappa shape index (κ1) is 25.0. The fourth-order valence-corrected chi connectivity index (χ4v) is 6.63. The van der Waals surface area contributed by atoms with E-state index in [-0.39, 0.29) is 37.4 Å². The zero-order valence-corrected chi connectivity index (χ0v) is 21.4. The number of hydrogen-bond donors (Lipinski definition) is 1. The largest absolute Gasteiger partial charge is 0.396 e. The molecule has 1 spiro atoms. The van der Waals surface area contributed by atoms with E-state index < -0.39 is 29.6 Å². The van der Waals surface area contributed by atoms with E-state index in [1.54, 1.807) is 15.9 Å². The van der Waals surface area contributed by atoms with Crippen LogP contribution in [-0.2, 0) is 19.1 Å². The van der Waals surface area contributed by atoms with Crippen LogP contribution >= 0.6 is 11.6 Å². The van der Waals surface area contributed by atoms with Gasteiger partial charge < -0.3 is 24.5 Å². The summed E-state index contributed by atoms with van der Waals surface area (Å²) in [5.41, 5.74) is 0.160. The molecule has 2 fully saturated rings. The van der Waals surface area contributed by atoms with Crippen molar-refractivity contribution in [3.05, 3.63) is 53.1 Å². The molecular formula is C27H32ClN3O5. The molecule has 2 saturated heterocycles. The van der Waals surface area contributed by atoms with Gasteiger partial charge in [-0.15, -0.1) is 0 Å². The van der Waals surface area contributed by atoms with E-state index in [0.717, 1.165) is 12.0 Å². The van der Waals surface area contributed by atoms with Gasteiger partial charge in [0.2, 0.25) is 11.8 Å². The molecule has 0 radical (unpaired) electrons. The van der Waals surface area contributed by atoms with Gasteiger partial charge in [-0.2, -0.15) is 0 Å². The van der Waals surface area contributed by atoms with Crippen molar-refractivity contribution in [2.24, 2.45) is 11.8 Å². The van der Waals surface area contributed by atoms with Gasteiger partial charge in [-0.1, -0.05) is 55.0 Å². The van der Waals surface area contributed by atoms with E-state index in [9.17, 15) is 19.5 Å². The predicted octanol–water partition coefficient (Wildman–Crippen LogP) is 2.32. The number of amides is 3. The number of nitrogens with zero attached hydrogens (tertiary/aromatic N) is 3. The van der Waals surface area contributed by atoms with Crippen LogP contribution in [0.1, 0.15) is 25.3 Å². The van der Waals surface area contributed by atoms with E-state index in [1.165, 1.54) is 4.90 Å². The molecule has 192 valence electrons. The maximum atomic E-state index is 14.3. The van der Waals surface area contributed by atoms with Gasteiger partial charge in [-0.05, 0) is 31.4 Å². The zero-order valence-electron chi connectivity index (χ0n) is 20.6. The molecule has 9 heteroatoms. The first-order chi connectivity index (χ1) is 17.4. The maximum Gasteiger partial charge on any atom is 0.253 e. The minimum Gasteiger partial charge on any atom is -0.396 e. The predicted molar refractivity (Wildman–Crippen MR) is 135 cm³/mol. The summed E-state index contributed by atoms with van der Waals surface area (Å²) < 4.78 is 6.61. The molecule has 4 heterocycles. The Hall–Kier alpha value is -2.68. The summed E-state index contributed by atoms with van der Waals surface area (Å²) >= 11 is 6.54. The lowest BCUT2D eigenvalue weighted by Gasteiger charge is -2.35. The van der Waals surface area contributed by atoms with Crippen molar-refractivity contribution in [1.82, 2.24) is 9.80 Å². The lowest BCUT2D eigenvalue weighted by atomic mass is 9.77. The van der Waals surface area contributed by atoms with Gasteiger partial charge in [-0.25, -0.2) is 0 Å². The van der Waals surface area contributed by atoms with Crippen LogP contribution in [-0.4, -0.2) is 83.2 Å². The Morgan fingerprint density at radius 3 is 2.64 bits per heavy atom. The number of halogens is 1. The van der Waals surface area contributed by atoms with E-state index in [1.807, 2.05) is 50.3 Å². The number of fused-ring (bicyclic) bond motifs is 2. The van der Waals surface area contributed by atoms with Gasteiger partial charge >= 0.3 is 0 Å². The van der Waals surface area contributed by atoms with Gasteiger partial charge in [0.1, 0.15) is 11.6 Å². The summed E-state index contributed by atoms with van der Waals surface area (Å²) in [5, 5.41) is 9.97. The van der Waals surface area contributed by atoms with Gasteiger partial charge in [-0.3, -0.25) is 14.4 Å². The highest BCUT2D eigenvalue weighted by Gasteiger charge is 2.71. The number of ether oxygens (including phenoxy) is 1. The molecule has 5 rings (SSSR count). The quantitative estimate of drug-likeness (QED) is 0.590. The summed E-state index contributed by atoms with van der Waals surface area (Å²) in [6.45, 7) is 5.30. The molecule has 1 N–H and O–H groups in total. The number of rotatable bonds is 6. The Morgan fingerprint density at radius 1 is 1.11 bits per heavy atom. The Kier molecular flexibility index (Phi) is 6.70. The van der Waals surface area contributed by atoms with Crippen molar-refractivity contribution in [2.45, 2.75) is 44.4 Å². The van der Waals surface area contributed by atoms with Crippen molar-refractivity contribution in [3.8, 4) is 0 Å². The van der Waals surface area contributed by atoms with Gasteiger partial charge in [0.15, 0.2) is 0 Å². The molecule has 1 aromatic rings. The molecule has 0 bridgehead atoms. The van der Waals surface area contributed by atoms with Crippen LogP contribution in [0.15, 0.2) is 42.5 Å². The first-order valence-electron chi connectivity index (χ1n) is 12.6.